The van der Waals surface area contributed by atoms with Crippen LogP contribution in [0.2, 0.25) is 10.0 Å². The van der Waals surface area contributed by atoms with Crippen LogP contribution in [-0.4, -0.2) is 32.3 Å². The van der Waals surface area contributed by atoms with Crippen molar-refractivity contribution in [2.24, 2.45) is 5.10 Å². The zero-order valence-corrected chi connectivity index (χ0v) is 15.9. The summed E-state index contributed by atoms with van der Waals surface area (Å²) in [5.41, 5.74) is 1.51. The lowest BCUT2D eigenvalue weighted by atomic mass is 10.1. The number of carbonyl (C=O) groups excluding carboxylic acids is 1. The molecule has 1 aromatic heterocycles. The molecule has 0 saturated carbocycles. The minimum atomic E-state index is -4.58. The van der Waals surface area contributed by atoms with E-state index in [0.717, 1.165) is 10.9 Å². The molecule has 0 radical (unpaired) electrons. The second-order valence-corrected chi connectivity index (χ2v) is 6.43. The number of nitrogens with zero attached hydrogens (tertiary/aromatic N) is 5. The monoisotopic (exact) mass is 442 g/mol. The average Bonchev–Trinajstić information content (AvgIpc) is 3.12. The summed E-state index contributed by atoms with van der Waals surface area (Å²) in [6, 6.07) is 9.69. The average molecular weight is 443 g/mol. The topological polar surface area (TPSA) is 85.1 Å². The van der Waals surface area contributed by atoms with Gasteiger partial charge in [0.15, 0.2) is 0 Å². The fourth-order valence-electron chi connectivity index (χ4n) is 2.31. The molecule has 12 heteroatoms. The van der Waals surface area contributed by atoms with Crippen LogP contribution in [0.4, 0.5) is 13.2 Å². The van der Waals surface area contributed by atoms with Crippen LogP contribution in [0.1, 0.15) is 11.1 Å². The molecule has 0 fully saturated rings. The first-order valence-corrected chi connectivity index (χ1v) is 8.71. The zero-order valence-electron chi connectivity index (χ0n) is 14.4. The van der Waals surface area contributed by atoms with E-state index in [9.17, 15) is 18.0 Å². The summed E-state index contributed by atoms with van der Waals surface area (Å²) in [4.78, 5) is 12.8. The number of alkyl halides is 3. The van der Waals surface area contributed by atoms with Crippen molar-refractivity contribution in [2.45, 2.75) is 12.7 Å². The summed E-state index contributed by atoms with van der Waals surface area (Å²) in [6.45, 7) is -0.408. The molecule has 3 aromatic rings. The highest BCUT2D eigenvalue weighted by molar-refractivity contribution is 6.38. The quantitative estimate of drug-likeness (QED) is 0.480. The Morgan fingerprint density at radius 2 is 1.83 bits per heavy atom. The molecular formula is C17H11Cl2F3N6O. The fourth-order valence-corrected chi connectivity index (χ4v) is 2.81. The molecule has 7 nitrogen and oxygen atoms in total. The first-order chi connectivity index (χ1) is 13.8. The summed E-state index contributed by atoms with van der Waals surface area (Å²) < 4.78 is 39.3. The highest BCUT2D eigenvalue weighted by Crippen LogP contribution is 2.35. The minimum absolute atomic E-state index is 0.238. The Hall–Kier alpha value is -2.98. The number of hydrazone groups is 1. The van der Waals surface area contributed by atoms with Gasteiger partial charge in [0.2, 0.25) is 5.82 Å². The van der Waals surface area contributed by atoms with Crippen molar-refractivity contribution >= 4 is 35.3 Å². The molecule has 2 aromatic carbocycles. The standard InChI is InChI=1S/C17H11Cl2F3N6O/c18-13-6-3-7-14(19)11(13)8-23-24-15(29)9-28-26-16(25-27-28)10-4-1-2-5-12(10)17(20,21)22/h1-8H,9H2,(H,24,29)/b23-8+. The number of hydrogen-bond donors (Lipinski definition) is 1. The van der Waals surface area contributed by atoms with Crippen LogP contribution in [0.3, 0.4) is 0 Å². The predicted molar refractivity (Wildman–Crippen MR) is 100 cm³/mol. The van der Waals surface area contributed by atoms with Gasteiger partial charge in [-0.1, -0.05) is 47.5 Å². The van der Waals surface area contributed by atoms with Crippen LogP contribution in [0, 0.1) is 0 Å². The molecule has 0 aliphatic rings. The lowest BCUT2D eigenvalue weighted by Gasteiger charge is -2.09. The zero-order chi connectivity index (χ0) is 21.0. The number of rotatable bonds is 5. The van der Waals surface area contributed by atoms with Gasteiger partial charge >= 0.3 is 6.18 Å². The van der Waals surface area contributed by atoms with E-state index in [-0.39, 0.29) is 11.4 Å². The second kappa shape index (κ2) is 8.58. The van der Waals surface area contributed by atoms with Gasteiger partial charge in [0.05, 0.1) is 21.8 Å². The SMILES string of the molecule is O=C(Cn1nnc(-c2ccccc2C(F)(F)F)n1)N/N=C/c1c(Cl)cccc1Cl. The van der Waals surface area contributed by atoms with Crippen LogP contribution in [0.25, 0.3) is 11.4 Å². The molecule has 29 heavy (non-hydrogen) atoms. The van der Waals surface area contributed by atoms with Gasteiger partial charge in [-0.2, -0.15) is 23.1 Å². The van der Waals surface area contributed by atoms with Crippen LogP contribution in [0.5, 0.6) is 0 Å². The predicted octanol–water partition coefficient (Wildman–Crippen LogP) is 3.82. The first kappa shape index (κ1) is 20.7. The van der Waals surface area contributed by atoms with Crippen molar-refractivity contribution in [3.05, 3.63) is 63.6 Å². The maximum Gasteiger partial charge on any atom is 0.417 e. The summed E-state index contributed by atoms with van der Waals surface area (Å²) in [5.74, 6) is -0.880. The molecule has 1 amide bonds. The molecular weight excluding hydrogens is 432 g/mol. The van der Waals surface area contributed by atoms with E-state index in [1.54, 1.807) is 18.2 Å². The number of aromatic nitrogens is 4. The largest absolute Gasteiger partial charge is 0.417 e. The van der Waals surface area contributed by atoms with Crippen molar-refractivity contribution in [2.75, 3.05) is 0 Å². The molecule has 1 N–H and O–H groups in total. The smallest absolute Gasteiger partial charge is 0.271 e. The van der Waals surface area contributed by atoms with E-state index >= 15 is 0 Å². The molecule has 3 rings (SSSR count). The van der Waals surface area contributed by atoms with Gasteiger partial charge in [0.25, 0.3) is 5.91 Å². The molecule has 1 heterocycles. The Labute approximate surface area is 172 Å². The van der Waals surface area contributed by atoms with Gasteiger partial charge in [-0.3, -0.25) is 4.79 Å². The van der Waals surface area contributed by atoms with Crippen molar-refractivity contribution < 1.29 is 18.0 Å². The van der Waals surface area contributed by atoms with Crippen LogP contribution in [-0.2, 0) is 17.5 Å². The maximum absolute atomic E-state index is 13.1. The Morgan fingerprint density at radius 3 is 2.52 bits per heavy atom. The maximum atomic E-state index is 13.1. The van der Waals surface area contributed by atoms with Crippen molar-refractivity contribution in [1.82, 2.24) is 25.6 Å². The van der Waals surface area contributed by atoms with Crippen LogP contribution in [0.15, 0.2) is 47.6 Å². The van der Waals surface area contributed by atoms with Crippen molar-refractivity contribution in [1.29, 1.82) is 0 Å². The highest BCUT2D eigenvalue weighted by atomic mass is 35.5. The second-order valence-electron chi connectivity index (χ2n) is 5.62. The number of tetrazole rings is 1. The third kappa shape index (κ3) is 5.09. The molecule has 0 aliphatic heterocycles. The van der Waals surface area contributed by atoms with E-state index < -0.39 is 24.2 Å². The first-order valence-electron chi connectivity index (χ1n) is 7.96. The molecule has 0 aliphatic carbocycles. The Kier molecular flexibility index (Phi) is 6.14. The summed E-state index contributed by atoms with van der Waals surface area (Å²) in [5, 5.41) is 15.5. The Morgan fingerprint density at radius 1 is 1.14 bits per heavy atom. The van der Waals surface area contributed by atoms with Gasteiger partial charge in [0, 0.05) is 11.1 Å². The summed E-state index contributed by atoms with van der Waals surface area (Å²) in [7, 11) is 0. The van der Waals surface area contributed by atoms with Gasteiger partial charge < -0.3 is 0 Å². The number of carbonyl (C=O) groups is 1. The number of benzene rings is 2. The van der Waals surface area contributed by atoms with E-state index in [1.165, 1.54) is 24.4 Å². The number of hydrogen-bond acceptors (Lipinski definition) is 5. The fraction of sp³-hybridized carbons (Fsp3) is 0.118. The van der Waals surface area contributed by atoms with Gasteiger partial charge in [0.1, 0.15) is 6.54 Å². The van der Waals surface area contributed by atoms with Crippen molar-refractivity contribution in [3.8, 4) is 11.4 Å². The van der Waals surface area contributed by atoms with Crippen LogP contribution >= 0.6 is 23.2 Å². The molecule has 0 spiro atoms. The Bertz CT molecular complexity index is 1050. The number of amides is 1. The molecule has 0 unspecified atom stereocenters. The normalized spacial score (nSPS) is 11.8. The van der Waals surface area contributed by atoms with E-state index in [4.69, 9.17) is 23.2 Å². The van der Waals surface area contributed by atoms with Gasteiger partial charge in [-0.15, -0.1) is 10.2 Å². The number of halogens is 5. The lowest BCUT2D eigenvalue weighted by molar-refractivity contribution is -0.137. The number of nitrogens with one attached hydrogen (secondary N) is 1. The van der Waals surface area contributed by atoms with Crippen LogP contribution < -0.4 is 5.43 Å². The molecule has 0 bridgehead atoms. The van der Waals surface area contributed by atoms with E-state index in [2.05, 4.69) is 25.9 Å². The molecule has 0 saturated heterocycles. The third-order valence-corrected chi connectivity index (χ3v) is 4.25. The highest BCUT2D eigenvalue weighted by Gasteiger charge is 2.34. The third-order valence-electron chi connectivity index (χ3n) is 3.59. The molecule has 150 valence electrons. The lowest BCUT2D eigenvalue weighted by Crippen LogP contribution is -2.24. The summed E-state index contributed by atoms with van der Waals surface area (Å²) in [6.07, 6.45) is -3.31. The van der Waals surface area contributed by atoms with Gasteiger partial charge in [-0.25, -0.2) is 5.43 Å². The minimum Gasteiger partial charge on any atom is -0.271 e. The van der Waals surface area contributed by atoms with Gasteiger partial charge in [-0.05, 0) is 23.4 Å². The Balaban J connectivity index is 1.68. The van der Waals surface area contributed by atoms with E-state index in [0.29, 0.717) is 15.6 Å². The van der Waals surface area contributed by atoms with E-state index in [1.807, 2.05) is 0 Å². The summed E-state index contributed by atoms with van der Waals surface area (Å²) >= 11 is 12.0. The van der Waals surface area contributed by atoms with Crippen molar-refractivity contribution in [3.63, 3.8) is 0 Å². The molecule has 0 atom stereocenters.